The third-order valence-electron chi connectivity index (χ3n) is 3.03. The molecule has 0 fully saturated rings. The van der Waals surface area contributed by atoms with E-state index in [0.29, 0.717) is 12.8 Å². The predicted octanol–water partition coefficient (Wildman–Crippen LogP) is 2.98. The van der Waals surface area contributed by atoms with Gasteiger partial charge in [-0.15, -0.1) is 0 Å². The summed E-state index contributed by atoms with van der Waals surface area (Å²) in [7, 11) is 1.62. The second-order valence-electron chi connectivity index (χ2n) is 4.50. The molecule has 2 aromatic rings. The Labute approximate surface area is 112 Å². The van der Waals surface area contributed by atoms with Gasteiger partial charge in [-0.25, -0.2) is 4.39 Å². The minimum Gasteiger partial charge on any atom is -0.496 e. The first-order valence-electron chi connectivity index (χ1n) is 6.23. The molecule has 0 aromatic heterocycles. The Bertz CT molecular complexity index is 523. The number of rotatable bonds is 5. The van der Waals surface area contributed by atoms with Crippen LogP contribution in [0.15, 0.2) is 48.5 Å². The van der Waals surface area contributed by atoms with Crippen LogP contribution in [0, 0.1) is 5.82 Å². The molecular weight excluding hydrogens is 243 g/mol. The SMILES string of the molecule is COc1ccccc1CC(O)Cc1ccc(F)cc1. The molecule has 3 heteroatoms. The molecule has 1 atom stereocenters. The van der Waals surface area contributed by atoms with Crippen LogP contribution in [0.4, 0.5) is 4.39 Å². The summed E-state index contributed by atoms with van der Waals surface area (Å²) >= 11 is 0. The first-order chi connectivity index (χ1) is 9.19. The molecule has 100 valence electrons. The molecule has 0 aliphatic carbocycles. The number of ether oxygens (including phenoxy) is 1. The molecule has 0 aliphatic heterocycles. The fourth-order valence-electron chi connectivity index (χ4n) is 2.09. The lowest BCUT2D eigenvalue weighted by atomic mass is 10.0. The quantitative estimate of drug-likeness (QED) is 0.895. The lowest BCUT2D eigenvalue weighted by Gasteiger charge is -2.13. The van der Waals surface area contributed by atoms with Crippen LogP contribution in [0.2, 0.25) is 0 Å². The van der Waals surface area contributed by atoms with Crippen molar-refractivity contribution in [1.82, 2.24) is 0 Å². The van der Waals surface area contributed by atoms with E-state index in [1.807, 2.05) is 24.3 Å². The van der Waals surface area contributed by atoms with E-state index in [0.717, 1.165) is 16.9 Å². The fourth-order valence-corrected chi connectivity index (χ4v) is 2.09. The molecule has 1 N–H and O–H groups in total. The Balaban J connectivity index is 2.01. The number of aliphatic hydroxyl groups is 1. The Hall–Kier alpha value is -1.87. The van der Waals surface area contributed by atoms with E-state index < -0.39 is 6.10 Å². The molecular formula is C16H17FO2. The zero-order chi connectivity index (χ0) is 13.7. The van der Waals surface area contributed by atoms with E-state index in [9.17, 15) is 9.50 Å². The second-order valence-corrected chi connectivity index (χ2v) is 4.50. The zero-order valence-corrected chi connectivity index (χ0v) is 10.8. The standard InChI is InChI=1S/C16H17FO2/c1-19-16-5-3-2-4-13(16)11-15(18)10-12-6-8-14(17)9-7-12/h2-9,15,18H,10-11H2,1H3. The lowest BCUT2D eigenvalue weighted by molar-refractivity contribution is 0.174. The van der Waals surface area contributed by atoms with Gasteiger partial charge >= 0.3 is 0 Å². The van der Waals surface area contributed by atoms with Gasteiger partial charge in [-0.1, -0.05) is 30.3 Å². The van der Waals surface area contributed by atoms with Crippen LogP contribution in [0.25, 0.3) is 0 Å². The van der Waals surface area contributed by atoms with Crippen LogP contribution >= 0.6 is 0 Å². The van der Waals surface area contributed by atoms with E-state index in [1.54, 1.807) is 19.2 Å². The molecule has 0 amide bonds. The summed E-state index contributed by atoms with van der Waals surface area (Å²) in [5.41, 5.74) is 1.89. The van der Waals surface area contributed by atoms with E-state index in [1.165, 1.54) is 12.1 Å². The van der Waals surface area contributed by atoms with Gasteiger partial charge in [-0.05, 0) is 35.7 Å². The Morgan fingerprint density at radius 1 is 1.05 bits per heavy atom. The van der Waals surface area contributed by atoms with Crippen molar-refractivity contribution in [1.29, 1.82) is 0 Å². The molecule has 2 aromatic carbocycles. The number of hydrogen-bond acceptors (Lipinski definition) is 2. The normalized spacial score (nSPS) is 12.2. The first kappa shape index (κ1) is 13.6. The summed E-state index contributed by atoms with van der Waals surface area (Å²) in [6.45, 7) is 0. The van der Waals surface area contributed by atoms with Crippen LogP contribution in [-0.2, 0) is 12.8 Å². The molecule has 19 heavy (non-hydrogen) atoms. The van der Waals surface area contributed by atoms with Gasteiger partial charge < -0.3 is 9.84 Å². The summed E-state index contributed by atoms with van der Waals surface area (Å²) < 4.78 is 18.0. The first-order valence-corrected chi connectivity index (χ1v) is 6.23. The average Bonchev–Trinajstić information content (AvgIpc) is 2.42. The van der Waals surface area contributed by atoms with Crippen molar-refractivity contribution in [2.24, 2.45) is 0 Å². The van der Waals surface area contributed by atoms with Crippen LogP contribution in [-0.4, -0.2) is 18.3 Å². The van der Waals surface area contributed by atoms with Crippen LogP contribution in [0.1, 0.15) is 11.1 Å². The van der Waals surface area contributed by atoms with Gasteiger partial charge in [0.25, 0.3) is 0 Å². The van der Waals surface area contributed by atoms with Crippen LogP contribution < -0.4 is 4.74 Å². The van der Waals surface area contributed by atoms with E-state index in [-0.39, 0.29) is 5.82 Å². The van der Waals surface area contributed by atoms with Gasteiger partial charge in [0.2, 0.25) is 0 Å². The van der Waals surface area contributed by atoms with E-state index in [4.69, 9.17) is 4.74 Å². The highest BCUT2D eigenvalue weighted by Crippen LogP contribution is 2.20. The summed E-state index contributed by atoms with van der Waals surface area (Å²) in [4.78, 5) is 0. The minimum atomic E-state index is -0.512. The Kier molecular flexibility index (Phi) is 4.53. The highest BCUT2D eigenvalue weighted by atomic mass is 19.1. The molecule has 0 bridgehead atoms. The van der Waals surface area contributed by atoms with Crippen molar-refractivity contribution >= 4 is 0 Å². The molecule has 0 spiro atoms. The second kappa shape index (κ2) is 6.34. The fraction of sp³-hybridized carbons (Fsp3) is 0.250. The number of para-hydroxylation sites is 1. The number of methoxy groups -OCH3 is 1. The number of aliphatic hydroxyl groups excluding tert-OH is 1. The maximum absolute atomic E-state index is 12.8. The van der Waals surface area contributed by atoms with Gasteiger partial charge in [0.15, 0.2) is 0 Å². The molecule has 0 radical (unpaired) electrons. The van der Waals surface area contributed by atoms with E-state index >= 15 is 0 Å². The van der Waals surface area contributed by atoms with Gasteiger partial charge in [-0.2, -0.15) is 0 Å². The number of hydrogen-bond donors (Lipinski definition) is 1. The Morgan fingerprint density at radius 3 is 2.42 bits per heavy atom. The smallest absolute Gasteiger partial charge is 0.123 e. The summed E-state index contributed by atoms with van der Waals surface area (Å²) in [5, 5.41) is 10.1. The van der Waals surface area contributed by atoms with Gasteiger partial charge in [0.1, 0.15) is 11.6 Å². The molecule has 2 nitrogen and oxygen atoms in total. The average molecular weight is 260 g/mol. The highest BCUT2D eigenvalue weighted by molar-refractivity contribution is 5.34. The van der Waals surface area contributed by atoms with E-state index in [2.05, 4.69) is 0 Å². The van der Waals surface area contributed by atoms with Crippen molar-refractivity contribution < 1.29 is 14.2 Å². The summed E-state index contributed by atoms with van der Waals surface area (Å²) in [5.74, 6) is 0.517. The largest absolute Gasteiger partial charge is 0.496 e. The highest BCUT2D eigenvalue weighted by Gasteiger charge is 2.10. The molecule has 0 aliphatic rings. The predicted molar refractivity (Wildman–Crippen MR) is 72.8 cm³/mol. The molecule has 0 heterocycles. The topological polar surface area (TPSA) is 29.5 Å². The summed E-state index contributed by atoms with van der Waals surface area (Å²) in [6, 6.07) is 13.8. The lowest BCUT2D eigenvalue weighted by Crippen LogP contribution is -2.14. The van der Waals surface area contributed by atoms with Crippen LogP contribution in [0.5, 0.6) is 5.75 Å². The zero-order valence-electron chi connectivity index (χ0n) is 10.8. The van der Waals surface area contributed by atoms with Crippen molar-refractivity contribution in [3.63, 3.8) is 0 Å². The van der Waals surface area contributed by atoms with Gasteiger partial charge in [-0.3, -0.25) is 0 Å². The third kappa shape index (κ3) is 3.80. The van der Waals surface area contributed by atoms with Gasteiger partial charge in [0.05, 0.1) is 13.2 Å². The molecule has 1 unspecified atom stereocenters. The Morgan fingerprint density at radius 2 is 1.74 bits per heavy atom. The van der Waals surface area contributed by atoms with Crippen LogP contribution in [0.3, 0.4) is 0 Å². The molecule has 2 rings (SSSR count). The number of halogens is 1. The maximum atomic E-state index is 12.8. The summed E-state index contributed by atoms with van der Waals surface area (Å²) in [6.07, 6.45) is 0.501. The molecule has 0 saturated heterocycles. The monoisotopic (exact) mass is 260 g/mol. The van der Waals surface area contributed by atoms with Crippen molar-refractivity contribution in [2.45, 2.75) is 18.9 Å². The number of benzene rings is 2. The van der Waals surface area contributed by atoms with Crippen molar-refractivity contribution in [2.75, 3.05) is 7.11 Å². The minimum absolute atomic E-state index is 0.261. The third-order valence-corrected chi connectivity index (χ3v) is 3.03. The van der Waals surface area contributed by atoms with Crippen molar-refractivity contribution in [3.8, 4) is 5.75 Å². The van der Waals surface area contributed by atoms with Crippen molar-refractivity contribution in [3.05, 3.63) is 65.5 Å². The van der Waals surface area contributed by atoms with Gasteiger partial charge in [0, 0.05) is 6.42 Å². The molecule has 0 saturated carbocycles. The maximum Gasteiger partial charge on any atom is 0.123 e.